The average Bonchev–Trinajstić information content (AvgIpc) is 2.29. The summed E-state index contributed by atoms with van der Waals surface area (Å²) < 4.78 is 7.33. The van der Waals surface area contributed by atoms with Gasteiger partial charge in [-0.15, -0.1) is 0 Å². The van der Waals surface area contributed by atoms with Gasteiger partial charge < -0.3 is 10.1 Å². The summed E-state index contributed by atoms with van der Waals surface area (Å²) >= 11 is 13.0. The van der Waals surface area contributed by atoms with Crippen molar-refractivity contribution in [1.82, 2.24) is 0 Å². The van der Waals surface area contributed by atoms with Crippen LogP contribution in [0.5, 0.6) is 0 Å². The molecule has 0 amide bonds. The summed E-state index contributed by atoms with van der Waals surface area (Å²) in [7, 11) is 0. The van der Waals surface area contributed by atoms with Crippen LogP contribution in [-0.4, -0.2) is 19.8 Å². The van der Waals surface area contributed by atoms with Gasteiger partial charge in [-0.2, -0.15) is 0 Å². The van der Waals surface area contributed by atoms with E-state index in [0.717, 1.165) is 52.3 Å². The first-order chi connectivity index (χ1) is 8.16. The predicted molar refractivity (Wildman–Crippen MR) is 78.9 cm³/mol. The molecule has 1 aliphatic rings. The lowest BCUT2D eigenvalue weighted by molar-refractivity contribution is 0.0699. The Balaban J connectivity index is 1.98. The minimum atomic E-state index is 0.693. The maximum Gasteiger partial charge on any atom is 0.0630 e. The SMILES string of the molecule is Clc1cc(Br)c(NCC2CCOCC2)c(Br)c1. The molecule has 0 aromatic heterocycles. The van der Waals surface area contributed by atoms with Gasteiger partial charge in [0.25, 0.3) is 0 Å². The second-order valence-electron chi connectivity index (χ2n) is 4.18. The summed E-state index contributed by atoms with van der Waals surface area (Å²) in [6.45, 7) is 2.74. The molecule has 2 rings (SSSR count). The van der Waals surface area contributed by atoms with Crippen LogP contribution < -0.4 is 5.32 Å². The van der Waals surface area contributed by atoms with E-state index in [1.807, 2.05) is 12.1 Å². The second kappa shape index (κ2) is 6.41. The molecule has 1 fully saturated rings. The molecule has 1 aromatic carbocycles. The summed E-state index contributed by atoms with van der Waals surface area (Å²) in [6.07, 6.45) is 2.27. The lowest BCUT2D eigenvalue weighted by atomic mass is 10.0. The van der Waals surface area contributed by atoms with E-state index in [-0.39, 0.29) is 0 Å². The van der Waals surface area contributed by atoms with Crippen molar-refractivity contribution in [2.24, 2.45) is 5.92 Å². The summed E-state index contributed by atoms with van der Waals surface area (Å²) in [5.41, 5.74) is 1.07. The van der Waals surface area contributed by atoms with Crippen LogP contribution in [0.4, 0.5) is 5.69 Å². The Morgan fingerprint density at radius 1 is 1.24 bits per heavy atom. The third kappa shape index (κ3) is 3.85. The Morgan fingerprint density at radius 3 is 2.41 bits per heavy atom. The van der Waals surface area contributed by atoms with E-state index in [4.69, 9.17) is 16.3 Å². The van der Waals surface area contributed by atoms with Crippen molar-refractivity contribution in [2.75, 3.05) is 25.1 Å². The van der Waals surface area contributed by atoms with E-state index in [2.05, 4.69) is 37.2 Å². The molecule has 1 aliphatic heterocycles. The topological polar surface area (TPSA) is 21.3 Å². The maximum atomic E-state index is 5.97. The Labute approximate surface area is 123 Å². The van der Waals surface area contributed by atoms with Crippen LogP contribution in [0, 0.1) is 5.92 Å². The van der Waals surface area contributed by atoms with E-state index in [9.17, 15) is 0 Å². The highest BCUT2D eigenvalue weighted by Gasteiger charge is 2.14. The van der Waals surface area contributed by atoms with Gasteiger partial charge in [0.1, 0.15) is 0 Å². The highest BCUT2D eigenvalue weighted by Crippen LogP contribution is 2.34. The molecule has 0 bridgehead atoms. The van der Waals surface area contributed by atoms with E-state index < -0.39 is 0 Å². The van der Waals surface area contributed by atoms with Crippen molar-refractivity contribution >= 4 is 49.1 Å². The van der Waals surface area contributed by atoms with Crippen LogP contribution in [0.25, 0.3) is 0 Å². The van der Waals surface area contributed by atoms with Crippen molar-refractivity contribution in [3.8, 4) is 0 Å². The van der Waals surface area contributed by atoms with Crippen LogP contribution in [0.3, 0.4) is 0 Å². The van der Waals surface area contributed by atoms with Gasteiger partial charge in [0.2, 0.25) is 0 Å². The van der Waals surface area contributed by atoms with Crippen molar-refractivity contribution in [2.45, 2.75) is 12.8 Å². The normalized spacial score (nSPS) is 17.1. The Hall–Kier alpha value is 0.230. The molecule has 0 spiro atoms. The number of halogens is 3. The maximum absolute atomic E-state index is 5.97. The van der Waals surface area contributed by atoms with Crippen LogP contribution in [-0.2, 0) is 4.74 Å². The number of hydrogen-bond acceptors (Lipinski definition) is 2. The monoisotopic (exact) mass is 381 g/mol. The van der Waals surface area contributed by atoms with E-state index >= 15 is 0 Å². The van der Waals surface area contributed by atoms with Gasteiger partial charge in [-0.1, -0.05) is 11.6 Å². The number of ether oxygens (including phenoxy) is 1. The molecule has 1 aromatic rings. The number of rotatable bonds is 3. The summed E-state index contributed by atoms with van der Waals surface area (Å²) in [5.74, 6) is 0.693. The van der Waals surface area contributed by atoms with Gasteiger partial charge in [0, 0.05) is 33.7 Å². The van der Waals surface area contributed by atoms with E-state index in [1.54, 1.807) is 0 Å². The number of hydrogen-bond donors (Lipinski definition) is 1. The Morgan fingerprint density at radius 2 is 1.82 bits per heavy atom. The molecule has 0 unspecified atom stereocenters. The van der Waals surface area contributed by atoms with Gasteiger partial charge >= 0.3 is 0 Å². The standard InChI is InChI=1S/C12H14Br2ClNO/c13-10-5-9(15)6-11(14)12(10)16-7-8-1-3-17-4-2-8/h5-6,8,16H,1-4,7H2. The third-order valence-electron chi connectivity index (χ3n) is 2.92. The Bertz CT molecular complexity index is 371. The molecule has 94 valence electrons. The summed E-state index contributed by atoms with van der Waals surface area (Å²) in [6, 6.07) is 3.80. The molecule has 5 heteroatoms. The third-order valence-corrected chi connectivity index (χ3v) is 4.38. The molecule has 0 saturated carbocycles. The molecular formula is C12H14Br2ClNO. The van der Waals surface area contributed by atoms with Gasteiger partial charge in [-0.3, -0.25) is 0 Å². The molecule has 0 aliphatic carbocycles. The molecule has 0 radical (unpaired) electrons. The minimum absolute atomic E-state index is 0.693. The van der Waals surface area contributed by atoms with Gasteiger partial charge in [0.15, 0.2) is 0 Å². The predicted octanol–water partition coefficient (Wildman–Crippen LogP) is 4.70. The highest BCUT2D eigenvalue weighted by atomic mass is 79.9. The number of anilines is 1. The zero-order chi connectivity index (χ0) is 12.3. The molecule has 17 heavy (non-hydrogen) atoms. The van der Waals surface area contributed by atoms with Crippen LogP contribution >= 0.6 is 43.5 Å². The molecule has 2 nitrogen and oxygen atoms in total. The largest absolute Gasteiger partial charge is 0.383 e. The van der Waals surface area contributed by atoms with Crippen molar-refractivity contribution in [1.29, 1.82) is 0 Å². The molecule has 0 atom stereocenters. The first-order valence-electron chi connectivity index (χ1n) is 5.63. The highest BCUT2D eigenvalue weighted by molar-refractivity contribution is 9.11. The fourth-order valence-corrected chi connectivity index (χ4v) is 3.86. The smallest absolute Gasteiger partial charge is 0.0630 e. The second-order valence-corrected chi connectivity index (χ2v) is 6.33. The summed E-state index contributed by atoms with van der Waals surface area (Å²) in [5, 5.41) is 4.19. The van der Waals surface area contributed by atoms with Crippen LogP contribution in [0.2, 0.25) is 5.02 Å². The van der Waals surface area contributed by atoms with Gasteiger partial charge in [-0.25, -0.2) is 0 Å². The fraction of sp³-hybridized carbons (Fsp3) is 0.500. The van der Waals surface area contributed by atoms with Crippen molar-refractivity contribution in [3.05, 3.63) is 26.1 Å². The quantitative estimate of drug-likeness (QED) is 0.817. The molecular weight excluding hydrogens is 369 g/mol. The van der Waals surface area contributed by atoms with Crippen LogP contribution in [0.15, 0.2) is 21.1 Å². The van der Waals surface area contributed by atoms with E-state index in [0.29, 0.717) is 5.92 Å². The van der Waals surface area contributed by atoms with Crippen LogP contribution in [0.1, 0.15) is 12.8 Å². The van der Waals surface area contributed by atoms with E-state index in [1.165, 1.54) is 0 Å². The van der Waals surface area contributed by atoms with Crippen molar-refractivity contribution in [3.63, 3.8) is 0 Å². The molecule has 1 heterocycles. The summed E-state index contributed by atoms with van der Waals surface area (Å²) in [4.78, 5) is 0. The van der Waals surface area contributed by atoms with Crippen molar-refractivity contribution < 1.29 is 4.74 Å². The first kappa shape index (κ1) is 13.7. The Kier molecular flexibility index (Phi) is 5.15. The number of benzene rings is 1. The zero-order valence-corrected chi connectivity index (χ0v) is 13.2. The minimum Gasteiger partial charge on any atom is -0.383 e. The fourth-order valence-electron chi connectivity index (χ4n) is 1.91. The molecule has 1 saturated heterocycles. The van der Waals surface area contributed by atoms with Gasteiger partial charge in [-0.05, 0) is 62.8 Å². The average molecular weight is 384 g/mol. The molecule has 1 N–H and O–H groups in total. The number of nitrogens with one attached hydrogen (secondary N) is 1. The zero-order valence-electron chi connectivity index (χ0n) is 9.31. The first-order valence-corrected chi connectivity index (χ1v) is 7.59. The van der Waals surface area contributed by atoms with Gasteiger partial charge in [0.05, 0.1) is 5.69 Å². The lowest BCUT2D eigenvalue weighted by Crippen LogP contribution is -2.22. The lowest BCUT2D eigenvalue weighted by Gasteiger charge is -2.23.